The molecule has 0 saturated carbocycles. The normalized spacial score (nSPS) is 34.2. The SMILES string of the molecule is CC(=O)N[C@H]1C[C@H](O)O[C@@H](C)[C@@H]1OC(C)=O. The average molecular weight is 231 g/mol. The summed E-state index contributed by atoms with van der Waals surface area (Å²) in [5.74, 6) is -0.671. The van der Waals surface area contributed by atoms with Crippen LogP contribution < -0.4 is 5.32 Å². The summed E-state index contributed by atoms with van der Waals surface area (Å²) in [4.78, 5) is 21.9. The van der Waals surface area contributed by atoms with Gasteiger partial charge in [0.25, 0.3) is 0 Å². The molecule has 0 bridgehead atoms. The summed E-state index contributed by atoms with van der Waals surface area (Å²) in [6.07, 6.45) is -1.75. The van der Waals surface area contributed by atoms with Gasteiger partial charge in [-0.3, -0.25) is 9.59 Å². The van der Waals surface area contributed by atoms with E-state index in [0.29, 0.717) is 0 Å². The molecule has 1 fully saturated rings. The second-order valence-corrected chi connectivity index (χ2v) is 3.91. The highest BCUT2D eigenvalue weighted by Gasteiger charge is 2.38. The number of rotatable bonds is 2. The van der Waals surface area contributed by atoms with Crippen molar-refractivity contribution in [2.75, 3.05) is 0 Å². The summed E-state index contributed by atoms with van der Waals surface area (Å²) >= 11 is 0. The maximum Gasteiger partial charge on any atom is 0.303 e. The Morgan fingerprint density at radius 2 is 2.06 bits per heavy atom. The number of aliphatic hydroxyl groups is 1. The maximum absolute atomic E-state index is 11.0. The fraction of sp³-hybridized carbons (Fsp3) is 0.800. The van der Waals surface area contributed by atoms with Crippen molar-refractivity contribution in [3.05, 3.63) is 0 Å². The number of carbonyl (C=O) groups is 2. The molecule has 1 amide bonds. The molecule has 0 unspecified atom stereocenters. The van der Waals surface area contributed by atoms with Crippen molar-refractivity contribution < 1.29 is 24.2 Å². The summed E-state index contributed by atoms with van der Waals surface area (Å²) < 4.78 is 10.2. The first kappa shape index (κ1) is 12.9. The topological polar surface area (TPSA) is 84.9 Å². The standard InChI is InChI=1S/C10H17NO5/c1-5-10(16-7(3)13)8(11-6(2)12)4-9(14)15-5/h5,8-10,14H,4H2,1-3H3,(H,11,12)/t5-,8-,9+,10-/m0/s1. The highest BCUT2D eigenvalue weighted by atomic mass is 16.6. The van der Waals surface area contributed by atoms with Crippen LogP contribution in [0.5, 0.6) is 0 Å². The van der Waals surface area contributed by atoms with E-state index in [0.717, 1.165) is 0 Å². The summed E-state index contributed by atoms with van der Waals surface area (Å²) in [6.45, 7) is 4.35. The van der Waals surface area contributed by atoms with Crippen molar-refractivity contribution in [3.63, 3.8) is 0 Å². The van der Waals surface area contributed by atoms with E-state index in [1.165, 1.54) is 13.8 Å². The number of nitrogens with one attached hydrogen (secondary N) is 1. The van der Waals surface area contributed by atoms with E-state index in [-0.39, 0.29) is 12.3 Å². The van der Waals surface area contributed by atoms with Crippen LogP contribution in [0.1, 0.15) is 27.2 Å². The molecule has 4 atom stereocenters. The molecule has 6 nitrogen and oxygen atoms in total. The predicted octanol–water partition coefficient (Wildman–Crippen LogP) is -0.450. The van der Waals surface area contributed by atoms with Gasteiger partial charge in [0.15, 0.2) is 6.29 Å². The van der Waals surface area contributed by atoms with Crippen LogP contribution in [0.25, 0.3) is 0 Å². The van der Waals surface area contributed by atoms with Crippen LogP contribution in [0.4, 0.5) is 0 Å². The second-order valence-electron chi connectivity index (χ2n) is 3.91. The predicted molar refractivity (Wildman–Crippen MR) is 54.3 cm³/mol. The van der Waals surface area contributed by atoms with Crippen LogP contribution in [0.3, 0.4) is 0 Å². The Morgan fingerprint density at radius 3 is 2.56 bits per heavy atom. The molecule has 0 radical (unpaired) electrons. The Balaban J connectivity index is 2.71. The molecule has 1 heterocycles. The third kappa shape index (κ3) is 3.46. The zero-order valence-electron chi connectivity index (χ0n) is 9.60. The van der Waals surface area contributed by atoms with E-state index in [1.54, 1.807) is 6.92 Å². The summed E-state index contributed by atoms with van der Waals surface area (Å²) in [7, 11) is 0. The van der Waals surface area contributed by atoms with Crippen molar-refractivity contribution in [2.24, 2.45) is 0 Å². The number of esters is 1. The van der Waals surface area contributed by atoms with Crippen molar-refractivity contribution in [3.8, 4) is 0 Å². The Morgan fingerprint density at radius 1 is 1.44 bits per heavy atom. The van der Waals surface area contributed by atoms with Gasteiger partial charge < -0.3 is 19.9 Å². The van der Waals surface area contributed by atoms with Crippen LogP contribution in [0.15, 0.2) is 0 Å². The van der Waals surface area contributed by atoms with Crippen molar-refractivity contribution in [1.29, 1.82) is 0 Å². The third-order valence-corrected chi connectivity index (χ3v) is 2.38. The minimum Gasteiger partial charge on any atom is -0.458 e. The fourth-order valence-corrected chi connectivity index (χ4v) is 1.83. The first-order valence-electron chi connectivity index (χ1n) is 5.18. The number of aliphatic hydroxyl groups excluding tert-OH is 1. The van der Waals surface area contributed by atoms with E-state index < -0.39 is 30.5 Å². The molecule has 1 aliphatic rings. The first-order valence-corrected chi connectivity index (χ1v) is 5.18. The number of hydrogen-bond acceptors (Lipinski definition) is 5. The third-order valence-electron chi connectivity index (χ3n) is 2.38. The Kier molecular flexibility index (Phi) is 4.26. The Bertz CT molecular complexity index is 280. The lowest BCUT2D eigenvalue weighted by Crippen LogP contribution is -2.56. The van der Waals surface area contributed by atoms with Gasteiger partial charge in [-0.15, -0.1) is 0 Å². The minimum atomic E-state index is -0.946. The van der Waals surface area contributed by atoms with Crippen molar-refractivity contribution in [2.45, 2.75) is 51.7 Å². The van der Waals surface area contributed by atoms with Gasteiger partial charge >= 0.3 is 5.97 Å². The highest BCUT2D eigenvalue weighted by molar-refractivity contribution is 5.73. The van der Waals surface area contributed by atoms with Crippen LogP contribution in [-0.2, 0) is 19.1 Å². The molecule has 6 heteroatoms. The first-order chi connectivity index (χ1) is 7.40. The van der Waals surface area contributed by atoms with Crippen LogP contribution in [0.2, 0.25) is 0 Å². The molecule has 0 aromatic rings. The molecule has 2 N–H and O–H groups in total. The molecule has 92 valence electrons. The number of amides is 1. The van der Waals surface area contributed by atoms with Crippen LogP contribution in [0, 0.1) is 0 Å². The van der Waals surface area contributed by atoms with Crippen LogP contribution in [-0.4, -0.2) is 41.5 Å². The quantitative estimate of drug-likeness (QED) is 0.629. The molecule has 0 spiro atoms. The minimum absolute atomic E-state index is 0.210. The van der Waals surface area contributed by atoms with E-state index in [2.05, 4.69) is 5.32 Å². The van der Waals surface area contributed by atoms with Crippen molar-refractivity contribution in [1.82, 2.24) is 5.32 Å². The largest absolute Gasteiger partial charge is 0.458 e. The van der Waals surface area contributed by atoms with Gasteiger partial charge in [0, 0.05) is 20.3 Å². The smallest absolute Gasteiger partial charge is 0.303 e. The van der Waals surface area contributed by atoms with Gasteiger partial charge in [0.2, 0.25) is 5.91 Å². The lowest BCUT2D eigenvalue weighted by molar-refractivity contribution is -0.214. The zero-order valence-corrected chi connectivity index (χ0v) is 9.60. The number of ether oxygens (including phenoxy) is 2. The summed E-state index contributed by atoms with van der Waals surface area (Å²) in [6, 6.07) is -0.417. The Hall–Kier alpha value is -1.14. The van der Waals surface area contributed by atoms with Gasteiger partial charge in [-0.25, -0.2) is 0 Å². The lowest BCUT2D eigenvalue weighted by Gasteiger charge is -2.38. The van der Waals surface area contributed by atoms with Gasteiger partial charge in [0.1, 0.15) is 6.10 Å². The van der Waals surface area contributed by atoms with Gasteiger partial charge in [0.05, 0.1) is 12.1 Å². The molecular formula is C10H17NO5. The molecular weight excluding hydrogens is 214 g/mol. The zero-order chi connectivity index (χ0) is 12.3. The average Bonchev–Trinajstić information content (AvgIpc) is 2.09. The van der Waals surface area contributed by atoms with Gasteiger partial charge in [-0.2, -0.15) is 0 Å². The van der Waals surface area contributed by atoms with Gasteiger partial charge in [-0.1, -0.05) is 0 Å². The van der Waals surface area contributed by atoms with E-state index in [4.69, 9.17) is 9.47 Å². The van der Waals surface area contributed by atoms with Crippen molar-refractivity contribution >= 4 is 11.9 Å². The monoisotopic (exact) mass is 231 g/mol. The van der Waals surface area contributed by atoms with Crippen LogP contribution >= 0.6 is 0 Å². The maximum atomic E-state index is 11.0. The molecule has 0 aromatic carbocycles. The molecule has 16 heavy (non-hydrogen) atoms. The van der Waals surface area contributed by atoms with E-state index >= 15 is 0 Å². The Labute approximate surface area is 93.9 Å². The lowest BCUT2D eigenvalue weighted by atomic mass is 9.99. The summed E-state index contributed by atoms with van der Waals surface area (Å²) in [5, 5.41) is 12.0. The molecule has 0 aliphatic carbocycles. The molecule has 1 rings (SSSR count). The molecule has 1 saturated heterocycles. The molecule has 1 aliphatic heterocycles. The van der Waals surface area contributed by atoms with E-state index in [9.17, 15) is 14.7 Å². The molecule has 0 aromatic heterocycles. The second kappa shape index (κ2) is 5.27. The van der Waals surface area contributed by atoms with E-state index in [1.807, 2.05) is 0 Å². The van der Waals surface area contributed by atoms with Gasteiger partial charge in [-0.05, 0) is 6.92 Å². The fourth-order valence-electron chi connectivity index (χ4n) is 1.83. The number of hydrogen-bond donors (Lipinski definition) is 2. The number of carbonyl (C=O) groups excluding carboxylic acids is 2. The summed E-state index contributed by atoms with van der Waals surface area (Å²) in [5.41, 5.74) is 0. The highest BCUT2D eigenvalue weighted by Crippen LogP contribution is 2.21.